The summed E-state index contributed by atoms with van der Waals surface area (Å²) in [6, 6.07) is 0. The van der Waals surface area contributed by atoms with Crippen molar-refractivity contribution < 1.29 is 54.7 Å². The van der Waals surface area contributed by atoms with Crippen LogP contribution in [-0.4, -0.2) is 117 Å². The van der Waals surface area contributed by atoms with E-state index in [9.17, 15) is 35.7 Å². The van der Waals surface area contributed by atoms with Gasteiger partial charge in [-0.05, 0) is 6.42 Å². The van der Waals surface area contributed by atoms with Crippen molar-refractivity contribution in [1.29, 1.82) is 0 Å². The summed E-state index contributed by atoms with van der Waals surface area (Å²) in [5.74, 6) is 0. The fourth-order valence-corrected chi connectivity index (χ4v) is 3.42. The first-order valence-corrected chi connectivity index (χ1v) is 10.1. The second-order valence-corrected chi connectivity index (χ2v) is 7.44. The summed E-state index contributed by atoms with van der Waals surface area (Å²) in [6.45, 7) is 1.16. The van der Waals surface area contributed by atoms with Crippen LogP contribution in [0.4, 0.5) is 0 Å². The zero-order valence-corrected chi connectivity index (χ0v) is 16.5. The Morgan fingerprint density at radius 3 is 1.93 bits per heavy atom. The minimum atomic E-state index is -1.69. The van der Waals surface area contributed by atoms with E-state index in [1.165, 1.54) is 0 Å². The average Bonchev–Trinajstić information content (AvgIpc) is 2.72. The SMILES string of the molecule is CCCCCCOC1OC(CO)C(OC2OC(CO)C(O)C(O)C2O)C(O)C1O. The molecule has 172 valence electrons. The first-order valence-electron chi connectivity index (χ1n) is 10.1. The molecular weight excluding hydrogens is 392 g/mol. The molecule has 29 heavy (non-hydrogen) atoms. The number of aliphatic hydroxyl groups is 7. The van der Waals surface area contributed by atoms with E-state index in [4.69, 9.17) is 18.9 Å². The van der Waals surface area contributed by atoms with Crippen molar-refractivity contribution >= 4 is 0 Å². The van der Waals surface area contributed by atoms with Gasteiger partial charge in [0.15, 0.2) is 12.6 Å². The molecule has 0 radical (unpaired) electrons. The van der Waals surface area contributed by atoms with Crippen molar-refractivity contribution in [1.82, 2.24) is 0 Å². The quantitative estimate of drug-likeness (QED) is 0.180. The topological polar surface area (TPSA) is 179 Å². The smallest absolute Gasteiger partial charge is 0.187 e. The lowest BCUT2D eigenvalue weighted by molar-refractivity contribution is -0.359. The van der Waals surface area contributed by atoms with Crippen molar-refractivity contribution in [3.8, 4) is 0 Å². The van der Waals surface area contributed by atoms with Crippen LogP contribution in [-0.2, 0) is 18.9 Å². The molecule has 0 saturated carbocycles. The summed E-state index contributed by atoms with van der Waals surface area (Å²) in [7, 11) is 0. The lowest BCUT2D eigenvalue weighted by atomic mass is 9.97. The highest BCUT2D eigenvalue weighted by Gasteiger charge is 2.50. The van der Waals surface area contributed by atoms with Crippen LogP contribution in [0.2, 0.25) is 0 Å². The molecule has 2 heterocycles. The first kappa shape index (κ1) is 24.8. The summed E-state index contributed by atoms with van der Waals surface area (Å²) in [5, 5.41) is 69.4. The Balaban J connectivity index is 1.98. The monoisotopic (exact) mass is 426 g/mol. The number of rotatable bonds is 10. The maximum atomic E-state index is 10.5. The van der Waals surface area contributed by atoms with Crippen molar-refractivity contribution in [2.75, 3.05) is 19.8 Å². The van der Waals surface area contributed by atoms with E-state index in [0.29, 0.717) is 6.61 Å². The van der Waals surface area contributed by atoms with Crippen molar-refractivity contribution in [2.24, 2.45) is 0 Å². The van der Waals surface area contributed by atoms with Gasteiger partial charge >= 0.3 is 0 Å². The van der Waals surface area contributed by atoms with Crippen LogP contribution in [0, 0.1) is 0 Å². The highest BCUT2D eigenvalue weighted by atomic mass is 16.7. The fourth-order valence-electron chi connectivity index (χ4n) is 3.42. The molecule has 7 N–H and O–H groups in total. The van der Waals surface area contributed by atoms with Gasteiger partial charge in [0, 0.05) is 6.61 Å². The van der Waals surface area contributed by atoms with Gasteiger partial charge in [-0.25, -0.2) is 0 Å². The molecule has 10 unspecified atom stereocenters. The van der Waals surface area contributed by atoms with E-state index >= 15 is 0 Å². The molecule has 2 fully saturated rings. The van der Waals surface area contributed by atoms with Crippen LogP contribution in [0.1, 0.15) is 32.6 Å². The molecule has 2 saturated heterocycles. The number of ether oxygens (including phenoxy) is 4. The minimum Gasteiger partial charge on any atom is -0.394 e. The summed E-state index contributed by atoms with van der Waals surface area (Å²) >= 11 is 0. The van der Waals surface area contributed by atoms with Gasteiger partial charge in [0.2, 0.25) is 0 Å². The maximum absolute atomic E-state index is 10.5. The van der Waals surface area contributed by atoms with Gasteiger partial charge in [0.05, 0.1) is 13.2 Å². The van der Waals surface area contributed by atoms with Crippen molar-refractivity contribution in [3.63, 3.8) is 0 Å². The summed E-state index contributed by atoms with van der Waals surface area (Å²) in [4.78, 5) is 0. The third kappa shape index (κ3) is 6.05. The normalized spacial score (nSPS) is 43.4. The maximum Gasteiger partial charge on any atom is 0.187 e. The predicted molar refractivity (Wildman–Crippen MR) is 96.5 cm³/mol. The molecule has 2 aliphatic heterocycles. The van der Waals surface area contributed by atoms with Gasteiger partial charge in [0.25, 0.3) is 0 Å². The summed E-state index contributed by atoms with van der Waals surface area (Å²) < 4.78 is 21.7. The Hall–Kier alpha value is -0.440. The fraction of sp³-hybridized carbons (Fsp3) is 1.00. The van der Waals surface area contributed by atoms with E-state index < -0.39 is 74.6 Å². The lowest BCUT2D eigenvalue weighted by Crippen LogP contribution is -2.64. The number of aliphatic hydroxyl groups excluding tert-OH is 7. The molecule has 0 bridgehead atoms. The Kier molecular flexibility index (Phi) is 10.1. The Morgan fingerprint density at radius 1 is 0.690 bits per heavy atom. The van der Waals surface area contributed by atoms with Crippen LogP contribution in [0.3, 0.4) is 0 Å². The van der Waals surface area contributed by atoms with Crippen molar-refractivity contribution in [3.05, 3.63) is 0 Å². The molecule has 0 aromatic carbocycles. The van der Waals surface area contributed by atoms with Gasteiger partial charge in [-0.3, -0.25) is 0 Å². The summed E-state index contributed by atoms with van der Waals surface area (Å²) in [5.41, 5.74) is 0. The Bertz CT molecular complexity index is 463. The van der Waals surface area contributed by atoms with Crippen molar-refractivity contribution in [2.45, 2.75) is 94.0 Å². The molecule has 11 heteroatoms. The molecule has 0 aliphatic carbocycles. The molecule has 2 rings (SSSR count). The number of hydrogen-bond acceptors (Lipinski definition) is 11. The molecule has 11 nitrogen and oxygen atoms in total. The minimum absolute atomic E-state index is 0.310. The lowest BCUT2D eigenvalue weighted by Gasteiger charge is -2.45. The molecule has 2 aliphatic rings. The van der Waals surface area contributed by atoms with Gasteiger partial charge in [0.1, 0.15) is 48.8 Å². The number of hydrogen-bond donors (Lipinski definition) is 7. The standard InChI is InChI=1S/C18H34O11/c1-2-3-4-5-6-26-17-15(25)13(23)16(10(8-20)28-17)29-18-14(24)12(22)11(21)9(7-19)27-18/h9-25H,2-8H2,1H3. The zero-order chi connectivity index (χ0) is 21.6. The van der Waals surface area contributed by atoms with E-state index in [2.05, 4.69) is 6.92 Å². The van der Waals surface area contributed by atoms with Crippen LogP contribution in [0.25, 0.3) is 0 Å². The largest absolute Gasteiger partial charge is 0.394 e. The highest BCUT2D eigenvalue weighted by molar-refractivity contribution is 4.94. The van der Waals surface area contributed by atoms with Crippen LogP contribution in [0.15, 0.2) is 0 Å². The average molecular weight is 426 g/mol. The Labute approximate surface area is 169 Å². The molecule has 0 aromatic heterocycles. The summed E-state index contributed by atoms with van der Waals surface area (Å²) in [6.07, 6.45) is -10.5. The van der Waals surface area contributed by atoms with E-state index in [-0.39, 0.29) is 0 Å². The second-order valence-electron chi connectivity index (χ2n) is 7.44. The van der Waals surface area contributed by atoms with Gasteiger partial charge in [-0.1, -0.05) is 26.2 Å². The van der Waals surface area contributed by atoms with Crippen LogP contribution < -0.4 is 0 Å². The second kappa shape index (κ2) is 11.8. The zero-order valence-electron chi connectivity index (χ0n) is 16.5. The molecule has 0 amide bonds. The molecule has 10 atom stereocenters. The molecular formula is C18H34O11. The van der Waals surface area contributed by atoms with Crippen LogP contribution >= 0.6 is 0 Å². The van der Waals surface area contributed by atoms with E-state index in [1.54, 1.807) is 0 Å². The van der Waals surface area contributed by atoms with E-state index in [0.717, 1.165) is 25.7 Å². The number of unbranched alkanes of at least 4 members (excludes halogenated alkanes) is 3. The van der Waals surface area contributed by atoms with Gasteiger partial charge in [-0.15, -0.1) is 0 Å². The third-order valence-electron chi connectivity index (χ3n) is 5.24. The first-order chi connectivity index (χ1) is 13.8. The van der Waals surface area contributed by atoms with E-state index in [1.807, 2.05) is 0 Å². The molecule has 0 aromatic rings. The predicted octanol–water partition coefficient (Wildman–Crippen LogP) is -2.79. The molecule has 0 spiro atoms. The highest BCUT2D eigenvalue weighted by Crippen LogP contribution is 2.29. The van der Waals surface area contributed by atoms with Gasteiger partial charge in [-0.2, -0.15) is 0 Å². The third-order valence-corrected chi connectivity index (χ3v) is 5.24. The van der Waals surface area contributed by atoms with Crippen LogP contribution in [0.5, 0.6) is 0 Å². The Morgan fingerprint density at radius 2 is 1.31 bits per heavy atom. The van der Waals surface area contributed by atoms with Gasteiger partial charge < -0.3 is 54.7 Å².